The van der Waals surface area contributed by atoms with Crippen molar-refractivity contribution in [1.29, 1.82) is 0 Å². The van der Waals surface area contributed by atoms with Crippen molar-refractivity contribution in [2.45, 2.75) is 20.0 Å². The minimum absolute atomic E-state index is 0.314. The van der Waals surface area contributed by atoms with Crippen LogP contribution in [0, 0.1) is 6.92 Å². The van der Waals surface area contributed by atoms with Crippen LogP contribution < -0.4 is 0 Å². The van der Waals surface area contributed by atoms with Crippen LogP contribution >= 0.6 is 0 Å². The number of aliphatic hydroxyl groups is 1. The van der Waals surface area contributed by atoms with Crippen molar-refractivity contribution in [3.05, 3.63) is 29.6 Å². The van der Waals surface area contributed by atoms with Gasteiger partial charge in [0.15, 0.2) is 0 Å². The predicted molar refractivity (Wildman–Crippen MR) is 50.4 cm³/mol. The third kappa shape index (κ3) is 2.79. The molecule has 3 heteroatoms. The summed E-state index contributed by atoms with van der Waals surface area (Å²) >= 11 is 0. The Morgan fingerprint density at radius 3 is 3.00 bits per heavy atom. The van der Waals surface area contributed by atoms with Gasteiger partial charge in [-0.25, -0.2) is 0 Å². The van der Waals surface area contributed by atoms with Crippen molar-refractivity contribution in [1.82, 2.24) is 4.98 Å². The lowest BCUT2D eigenvalue weighted by Gasteiger charge is -2.11. The highest BCUT2D eigenvalue weighted by Gasteiger charge is 2.10. The van der Waals surface area contributed by atoms with Crippen LogP contribution in [0.1, 0.15) is 24.3 Å². The van der Waals surface area contributed by atoms with Gasteiger partial charge in [0.2, 0.25) is 0 Å². The summed E-state index contributed by atoms with van der Waals surface area (Å²) in [6, 6.07) is 3.78. The van der Waals surface area contributed by atoms with Crippen LogP contribution in [0.4, 0.5) is 0 Å². The lowest BCUT2D eigenvalue weighted by atomic mass is 10.1. The van der Waals surface area contributed by atoms with Gasteiger partial charge in [0.05, 0.1) is 12.3 Å². The molecule has 1 aromatic heterocycles. The van der Waals surface area contributed by atoms with E-state index >= 15 is 0 Å². The Balaban J connectivity index is 2.65. The number of aliphatic hydroxyl groups excluding tert-OH is 1. The van der Waals surface area contributed by atoms with Gasteiger partial charge in [-0.3, -0.25) is 4.98 Å². The summed E-state index contributed by atoms with van der Waals surface area (Å²) in [5.41, 5.74) is 1.70. The van der Waals surface area contributed by atoms with E-state index in [9.17, 15) is 5.11 Å². The summed E-state index contributed by atoms with van der Waals surface area (Å²) in [6.45, 7) is 4.76. The number of hydrogen-bond acceptors (Lipinski definition) is 3. The number of ether oxygens (including phenoxy) is 1. The van der Waals surface area contributed by atoms with E-state index in [-0.39, 0.29) is 0 Å². The zero-order valence-electron chi connectivity index (χ0n) is 8.03. The number of aromatic nitrogens is 1. The highest BCUT2D eigenvalue weighted by molar-refractivity contribution is 5.19. The largest absolute Gasteiger partial charge is 0.384 e. The van der Waals surface area contributed by atoms with E-state index in [1.807, 2.05) is 26.0 Å². The molecule has 0 saturated carbocycles. The Hall–Kier alpha value is -0.930. The maximum absolute atomic E-state index is 9.64. The van der Waals surface area contributed by atoms with E-state index in [1.54, 1.807) is 6.20 Å². The summed E-state index contributed by atoms with van der Waals surface area (Å²) in [6.07, 6.45) is 1.07. The number of pyridine rings is 1. The monoisotopic (exact) mass is 181 g/mol. The molecular weight excluding hydrogens is 166 g/mol. The highest BCUT2D eigenvalue weighted by atomic mass is 16.5. The molecule has 0 saturated heterocycles. The molecule has 1 aromatic rings. The maximum atomic E-state index is 9.64. The third-order valence-electron chi connectivity index (χ3n) is 1.85. The first-order chi connectivity index (χ1) is 6.25. The smallest absolute Gasteiger partial charge is 0.119 e. The highest BCUT2D eigenvalue weighted by Crippen LogP contribution is 2.13. The molecule has 0 aromatic carbocycles. The van der Waals surface area contributed by atoms with Crippen LogP contribution in [0.25, 0.3) is 0 Å². The van der Waals surface area contributed by atoms with Gasteiger partial charge in [-0.15, -0.1) is 0 Å². The average molecular weight is 181 g/mol. The first-order valence-electron chi connectivity index (χ1n) is 4.43. The standard InChI is InChI=1S/C10H15NO2/c1-3-13-7-9(12)10-8(2)5-4-6-11-10/h4-6,9,12H,3,7H2,1-2H3. The molecule has 0 aliphatic heterocycles. The van der Waals surface area contributed by atoms with Crippen LogP contribution in [0.5, 0.6) is 0 Å². The third-order valence-corrected chi connectivity index (χ3v) is 1.85. The van der Waals surface area contributed by atoms with Crippen LogP contribution in [0.15, 0.2) is 18.3 Å². The molecule has 0 spiro atoms. The molecule has 1 heterocycles. The molecule has 0 aliphatic carbocycles. The number of aryl methyl sites for hydroxylation is 1. The number of hydrogen-bond donors (Lipinski definition) is 1. The summed E-state index contributed by atoms with van der Waals surface area (Å²) in [4.78, 5) is 4.10. The van der Waals surface area contributed by atoms with Crippen molar-refractivity contribution in [2.24, 2.45) is 0 Å². The van der Waals surface area contributed by atoms with E-state index in [2.05, 4.69) is 4.98 Å². The van der Waals surface area contributed by atoms with Gasteiger partial charge in [0, 0.05) is 12.8 Å². The Morgan fingerprint density at radius 1 is 1.62 bits per heavy atom. The van der Waals surface area contributed by atoms with Crippen molar-refractivity contribution in [3.8, 4) is 0 Å². The Labute approximate surface area is 78.4 Å². The van der Waals surface area contributed by atoms with Crippen molar-refractivity contribution >= 4 is 0 Å². The second kappa shape index (κ2) is 4.94. The van der Waals surface area contributed by atoms with Gasteiger partial charge in [-0.05, 0) is 25.5 Å². The first kappa shape index (κ1) is 10.2. The maximum Gasteiger partial charge on any atom is 0.119 e. The van der Waals surface area contributed by atoms with E-state index in [0.717, 1.165) is 5.56 Å². The van der Waals surface area contributed by atoms with Crippen molar-refractivity contribution < 1.29 is 9.84 Å². The minimum Gasteiger partial charge on any atom is -0.384 e. The molecule has 1 atom stereocenters. The summed E-state index contributed by atoms with van der Waals surface area (Å²) < 4.78 is 5.11. The van der Waals surface area contributed by atoms with E-state index in [4.69, 9.17) is 4.74 Å². The molecule has 1 N–H and O–H groups in total. The molecule has 1 unspecified atom stereocenters. The zero-order chi connectivity index (χ0) is 9.68. The molecule has 3 nitrogen and oxygen atoms in total. The lowest BCUT2D eigenvalue weighted by molar-refractivity contribution is 0.0394. The number of nitrogens with zero attached hydrogens (tertiary/aromatic N) is 1. The molecule has 0 amide bonds. The average Bonchev–Trinajstić information content (AvgIpc) is 2.15. The van der Waals surface area contributed by atoms with E-state index in [1.165, 1.54) is 0 Å². The van der Waals surface area contributed by atoms with Gasteiger partial charge < -0.3 is 9.84 Å². The topological polar surface area (TPSA) is 42.4 Å². The Morgan fingerprint density at radius 2 is 2.38 bits per heavy atom. The molecule has 13 heavy (non-hydrogen) atoms. The number of rotatable bonds is 4. The summed E-state index contributed by atoms with van der Waals surface area (Å²) in [5.74, 6) is 0. The van der Waals surface area contributed by atoms with Crippen LogP contribution in [0.3, 0.4) is 0 Å². The van der Waals surface area contributed by atoms with Crippen LogP contribution in [-0.4, -0.2) is 23.3 Å². The Bertz CT molecular complexity index is 263. The molecule has 0 fully saturated rings. The molecule has 0 aliphatic rings. The fourth-order valence-electron chi connectivity index (χ4n) is 1.16. The van der Waals surface area contributed by atoms with Gasteiger partial charge >= 0.3 is 0 Å². The summed E-state index contributed by atoms with van der Waals surface area (Å²) in [7, 11) is 0. The normalized spacial score (nSPS) is 12.8. The predicted octanol–water partition coefficient (Wildman–Crippen LogP) is 1.46. The fourth-order valence-corrected chi connectivity index (χ4v) is 1.16. The van der Waals surface area contributed by atoms with Gasteiger partial charge in [-0.2, -0.15) is 0 Å². The second-order valence-corrected chi connectivity index (χ2v) is 2.88. The van der Waals surface area contributed by atoms with Crippen LogP contribution in [-0.2, 0) is 4.74 Å². The van der Waals surface area contributed by atoms with Gasteiger partial charge in [0.25, 0.3) is 0 Å². The van der Waals surface area contributed by atoms with Crippen LogP contribution in [0.2, 0.25) is 0 Å². The van der Waals surface area contributed by atoms with E-state index < -0.39 is 6.10 Å². The zero-order valence-corrected chi connectivity index (χ0v) is 8.03. The lowest BCUT2D eigenvalue weighted by Crippen LogP contribution is -2.10. The molecule has 72 valence electrons. The molecular formula is C10H15NO2. The van der Waals surface area contributed by atoms with E-state index in [0.29, 0.717) is 18.9 Å². The quantitative estimate of drug-likeness (QED) is 0.764. The molecule has 0 radical (unpaired) electrons. The minimum atomic E-state index is -0.610. The Kier molecular flexibility index (Phi) is 3.86. The molecule has 1 rings (SSSR count). The SMILES string of the molecule is CCOCC(O)c1ncccc1C. The summed E-state index contributed by atoms with van der Waals surface area (Å²) in [5, 5.41) is 9.64. The fraction of sp³-hybridized carbons (Fsp3) is 0.500. The van der Waals surface area contributed by atoms with Gasteiger partial charge in [0.1, 0.15) is 6.10 Å². The van der Waals surface area contributed by atoms with Crippen molar-refractivity contribution in [3.63, 3.8) is 0 Å². The first-order valence-corrected chi connectivity index (χ1v) is 4.43. The van der Waals surface area contributed by atoms with Gasteiger partial charge in [-0.1, -0.05) is 6.07 Å². The van der Waals surface area contributed by atoms with Crippen molar-refractivity contribution in [2.75, 3.05) is 13.2 Å². The molecule has 0 bridgehead atoms. The second-order valence-electron chi connectivity index (χ2n) is 2.88.